The molecule has 0 atom stereocenters. The van der Waals surface area contributed by atoms with Crippen LogP contribution < -0.4 is 9.47 Å². The van der Waals surface area contributed by atoms with Crippen LogP contribution in [0.2, 0.25) is 5.02 Å². The van der Waals surface area contributed by atoms with Crippen molar-refractivity contribution in [3.63, 3.8) is 0 Å². The van der Waals surface area contributed by atoms with Crippen molar-refractivity contribution in [2.45, 2.75) is 0 Å². The van der Waals surface area contributed by atoms with Crippen molar-refractivity contribution < 1.29 is 23.5 Å². The van der Waals surface area contributed by atoms with E-state index >= 15 is 0 Å². The van der Waals surface area contributed by atoms with Crippen LogP contribution in [0.15, 0.2) is 72.5 Å². The topological polar surface area (TPSA) is 52.6 Å². The Labute approximate surface area is 171 Å². The Morgan fingerprint density at radius 1 is 1.07 bits per heavy atom. The normalized spacial score (nSPS) is 13.9. The highest BCUT2D eigenvalue weighted by Gasteiger charge is 2.28. The maximum absolute atomic E-state index is 14.0. The summed E-state index contributed by atoms with van der Waals surface area (Å²) in [5.74, 6) is -0.487. The van der Waals surface area contributed by atoms with Gasteiger partial charge in [-0.15, -0.1) is 0 Å². The number of benzene rings is 3. The number of ether oxygens (including phenoxy) is 2. The molecule has 144 valence electrons. The van der Waals surface area contributed by atoms with Gasteiger partial charge in [0.1, 0.15) is 17.3 Å². The maximum atomic E-state index is 14.0. The summed E-state index contributed by atoms with van der Waals surface area (Å²) in [5, 5.41) is 0.174. The Morgan fingerprint density at radius 2 is 1.86 bits per heavy atom. The molecule has 0 aromatic heterocycles. The lowest BCUT2D eigenvalue weighted by Gasteiger charge is -2.07. The summed E-state index contributed by atoms with van der Waals surface area (Å²) in [7, 11) is 0. The van der Waals surface area contributed by atoms with Crippen LogP contribution in [0.1, 0.15) is 26.3 Å². The molecule has 0 amide bonds. The summed E-state index contributed by atoms with van der Waals surface area (Å²) in [6.45, 7) is -0.149. The molecule has 0 saturated carbocycles. The van der Waals surface area contributed by atoms with Crippen LogP contribution >= 0.6 is 11.6 Å². The number of Topliss-reactive ketones (excluding diaryl/α,β-unsaturated/α-hetero) is 2. The first-order chi connectivity index (χ1) is 14.0. The average Bonchev–Trinajstić information content (AvgIpc) is 3.04. The summed E-state index contributed by atoms with van der Waals surface area (Å²) in [4.78, 5) is 24.7. The van der Waals surface area contributed by atoms with Crippen molar-refractivity contribution >= 4 is 29.2 Å². The molecule has 3 aromatic rings. The number of ketones is 2. The molecule has 1 aliphatic rings. The fourth-order valence-corrected chi connectivity index (χ4v) is 3.11. The molecule has 0 aliphatic carbocycles. The zero-order valence-electron chi connectivity index (χ0n) is 15.0. The molecule has 3 aromatic carbocycles. The molecular weight excluding hydrogens is 395 g/mol. The maximum Gasteiger partial charge on any atom is 0.231 e. The van der Waals surface area contributed by atoms with Crippen LogP contribution in [0.4, 0.5) is 4.39 Å². The molecule has 0 N–H and O–H groups in total. The second kappa shape index (κ2) is 7.89. The molecule has 1 heterocycles. The lowest BCUT2D eigenvalue weighted by Crippen LogP contribution is -2.11. The predicted octanol–water partition coefficient (Wildman–Crippen LogP) is 5.36. The number of allylic oxidation sites excluding steroid dienone is 1. The molecule has 0 bridgehead atoms. The molecule has 0 spiro atoms. The third kappa shape index (κ3) is 3.91. The van der Waals surface area contributed by atoms with Gasteiger partial charge in [0.05, 0.1) is 10.6 Å². The lowest BCUT2D eigenvalue weighted by atomic mass is 10.1. The van der Waals surface area contributed by atoms with E-state index in [4.69, 9.17) is 21.1 Å². The van der Waals surface area contributed by atoms with Crippen LogP contribution in [0, 0.1) is 5.82 Å². The van der Waals surface area contributed by atoms with E-state index in [1.165, 1.54) is 30.3 Å². The first-order valence-electron chi connectivity index (χ1n) is 8.76. The van der Waals surface area contributed by atoms with E-state index in [2.05, 4.69) is 0 Å². The quantitative estimate of drug-likeness (QED) is 0.421. The highest BCUT2D eigenvalue weighted by Crippen LogP contribution is 2.35. The summed E-state index contributed by atoms with van der Waals surface area (Å²) >= 11 is 6.01. The molecule has 29 heavy (non-hydrogen) atoms. The van der Waals surface area contributed by atoms with E-state index in [-0.39, 0.29) is 40.3 Å². The Bertz CT molecular complexity index is 1120. The van der Waals surface area contributed by atoms with Gasteiger partial charge in [0.15, 0.2) is 18.1 Å². The molecule has 4 nitrogen and oxygen atoms in total. The van der Waals surface area contributed by atoms with Crippen molar-refractivity contribution in [1.29, 1.82) is 0 Å². The summed E-state index contributed by atoms with van der Waals surface area (Å²) in [6.07, 6.45) is 1.28. The van der Waals surface area contributed by atoms with E-state index in [1.54, 1.807) is 36.4 Å². The number of carbonyl (C=O) groups is 2. The Morgan fingerprint density at radius 3 is 2.62 bits per heavy atom. The minimum atomic E-state index is -0.555. The van der Waals surface area contributed by atoms with E-state index in [1.807, 2.05) is 6.07 Å². The van der Waals surface area contributed by atoms with E-state index in [0.29, 0.717) is 16.9 Å². The van der Waals surface area contributed by atoms with Gasteiger partial charge in [-0.05, 0) is 30.3 Å². The van der Waals surface area contributed by atoms with Gasteiger partial charge in [-0.2, -0.15) is 0 Å². The zero-order valence-corrected chi connectivity index (χ0v) is 15.8. The van der Waals surface area contributed by atoms with Crippen molar-refractivity contribution in [2.24, 2.45) is 0 Å². The van der Waals surface area contributed by atoms with Crippen LogP contribution in [0.5, 0.6) is 11.5 Å². The van der Waals surface area contributed by atoms with E-state index in [0.717, 1.165) is 0 Å². The SMILES string of the molecule is O=C(COc1ccc2c(c1)OC(=Cc1c(F)cccc1Cl)C2=O)c1ccccc1. The Hall–Kier alpha value is -3.44. The number of hydrogen-bond donors (Lipinski definition) is 0. The molecule has 0 saturated heterocycles. The second-order valence-corrected chi connectivity index (χ2v) is 6.72. The number of hydrogen-bond acceptors (Lipinski definition) is 4. The molecule has 0 radical (unpaired) electrons. The van der Waals surface area contributed by atoms with E-state index in [9.17, 15) is 14.0 Å². The van der Waals surface area contributed by atoms with Crippen LogP contribution in [-0.4, -0.2) is 18.2 Å². The Balaban J connectivity index is 1.52. The summed E-state index contributed by atoms with van der Waals surface area (Å²) < 4.78 is 25.1. The first-order valence-corrected chi connectivity index (χ1v) is 9.14. The van der Waals surface area contributed by atoms with Gasteiger partial charge >= 0.3 is 0 Å². The summed E-state index contributed by atoms with van der Waals surface area (Å²) in [5.41, 5.74) is 0.952. The van der Waals surface area contributed by atoms with Gasteiger partial charge in [0, 0.05) is 17.2 Å². The molecule has 0 unspecified atom stereocenters. The van der Waals surface area contributed by atoms with Crippen molar-refractivity contribution in [3.05, 3.63) is 100 Å². The molecule has 4 rings (SSSR count). The lowest BCUT2D eigenvalue weighted by molar-refractivity contribution is 0.0921. The van der Waals surface area contributed by atoms with Crippen molar-refractivity contribution in [3.8, 4) is 11.5 Å². The second-order valence-electron chi connectivity index (χ2n) is 6.31. The smallest absolute Gasteiger partial charge is 0.231 e. The molecule has 0 fully saturated rings. The Kier molecular flexibility index (Phi) is 5.14. The highest BCUT2D eigenvalue weighted by molar-refractivity contribution is 6.32. The van der Waals surface area contributed by atoms with E-state index < -0.39 is 5.82 Å². The summed E-state index contributed by atoms with van der Waals surface area (Å²) in [6, 6.07) is 17.7. The molecule has 1 aliphatic heterocycles. The standard InChI is InChI=1S/C23H14ClFO4/c24-18-7-4-8-19(25)17(18)12-22-23(27)16-10-9-15(11-21(16)29-22)28-13-20(26)14-5-2-1-3-6-14/h1-12H,13H2. The average molecular weight is 409 g/mol. The van der Waals surface area contributed by atoms with Gasteiger partial charge in [0.2, 0.25) is 5.78 Å². The number of halogens is 2. The zero-order chi connectivity index (χ0) is 20.4. The third-order valence-corrected chi connectivity index (χ3v) is 4.71. The minimum absolute atomic E-state index is 0.0375. The highest BCUT2D eigenvalue weighted by atomic mass is 35.5. The minimum Gasteiger partial charge on any atom is -0.485 e. The number of carbonyl (C=O) groups excluding carboxylic acids is 2. The molecular formula is C23H14ClFO4. The van der Waals surface area contributed by atoms with Gasteiger partial charge in [0.25, 0.3) is 0 Å². The van der Waals surface area contributed by atoms with Crippen molar-refractivity contribution in [2.75, 3.05) is 6.61 Å². The van der Waals surface area contributed by atoms with Crippen molar-refractivity contribution in [1.82, 2.24) is 0 Å². The monoisotopic (exact) mass is 408 g/mol. The largest absolute Gasteiger partial charge is 0.485 e. The van der Waals surface area contributed by atoms with Gasteiger partial charge in [-0.1, -0.05) is 48.0 Å². The fraction of sp³-hybridized carbons (Fsp3) is 0.0435. The van der Waals surface area contributed by atoms with Crippen LogP contribution in [0.25, 0.3) is 6.08 Å². The number of rotatable bonds is 5. The first kappa shape index (κ1) is 18.9. The third-order valence-electron chi connectivity index (χ3n) is 4.38. The van der Waals surface area contributed by atoms with Crippen LogP contribution in [0.3, 0.4) is 0 Å². The fourth-order valence-electron chi connectivity index (χ4n) is 2.89. The van der Waals surface area contributed by atoms with Gasteiger partial charge in [-0.25, -0.2) is 4.39 Å². The van der Waals surface area contributed by atoms with Crippen LogP contribution in [-0.2, 0) is 0 Å². The number of fused-ring (bicyclic) bond motifs is 1. The van der Waals surface area contributed by atoms with Gasteiger partial charge in [-0.3, -0.25) is 9.59 Å². The molecule has 6 heteroatoms. The predicted molar refractivity (Wildman–Crippen MR) is 107 cm³/mol. The van der Waals surface area contributed by atoms with Gasteiger partial charge < -0.3 is 9.47 Å².